The lowest BCUT2D eigenvalue weighted by molar-refractivity contribution is -0.125. The van der Waals surface area contributed by atoms with E-state index >= 15 is 0 Å². The molecule has 0 aliphatic carbocycles. The third-order valence-electron chi connectivity index (χ3n) is 2.34. The van der Waals surface area contributed by atoms with Gasteiger partial charge in [-0.1, -0.05) is 6.92 Å². The summed E-state index contributed by atoms with van der Waals surface area (Å²) in [7, 11) is 0. The molecule has 0 spiro atoms. The Morgan fingerprint density at radius 1 is 1.44 bits per heavy atom. The van der Waals surface area contributed by atoms with E-state index in [1.54, 1.807) is 0 Å². The molecule has 3 N–H and O–H groups in total. The van der Waals surface area contributed by atoms with Gasteiger partial charge in [-0.05, 0) is 19.4 Å². The highest BCUT2D eigenvalue weighted by Crippen LogP contribution is 2.05. The third kappa shape index (κ3) is 5.32. The zero-order chi connectivity index (χ0) is 11.1. The van der Waals surface area contributed by atoms with E-state index in [2.05, 4.69) is 22.9 Å². The van der Waals surface area contributed by atoms with E-state index in [0.717, 1.165) is 19.5 Å². The van der Waals surface area contributed by atoms with Gasteiger partial charge in [-0.2, -0.15) is 0 Å². The van der Waals surface area contributed by atoms with E-state index in [4.69, 9.17) is 0 Å². The maximum atomic E-state index is 11.5. The number of hydrogen-bond acceptors (Lipinski definition) is 3. The molecule has 1 saturated heterocycles. The zero-order valence-corrected chi connectivity index (χ0v) is 10.4. The highest BCUT2D eigenvalue weighted by Gasteiger charge is 2.26. The molecule has 1 heterocycles. The molecule has 94 valence electrons. The Morgan fingerprint density at radius 2 is 2.19 bits per heavy atom. The van der Waals surface area contributed by atoms with E-state index in [9.17, 15) is 9.59 Å². The van der Waals surface area contributed by atoms with Gasteiger partial charge in [-0.25, -0.2) is 0 Å². The number of halogens is 1. The van der Waals surface area contributed by atoms with Crippen molar-refractivity contribution in [3.63, 3.8) is 0 Å². The smallest absolute Gasteiger partial charge is 0.242 e. The summed E-state index contributed by atoms with van der Waals surface area (Å²) in [5.74, 6) is -0.0987. The number of carbonyl (C=O) groups is 2. The summed E-state index contributed by atoms with van der Waals surface area (Å²) in [6.07, 6.45) is 2.17. The predicted molar refractivity (Wildman–Crippen MR) is 64.6 cm³/mol. The van der Waals surface area contributed by atoms with Crippen LogP contribution in [0.5, 0.6) is 0 Å². The summed E-state index contributed by atoms with van der Waals surface area (Å²) in [6, 6.07) is -0.316. The first-order valence-corrected chi connectivity index (χ1v) is 5.52. The second-order valence-electron chi connectivity index (χ2n) is 3.70. The summed E-state index contributed by atoms with van der Waals surface area (Å²) in [5.41, 5.74) is 0. The van der Waals surface area contributed by atoms with Crippen LogP contribution in [0.3, 0.4) is 0 Å². The van der Waals surface area contributed by atoms with Crippen LogP contribution in [0.25, 0.3) is 0 Å². The minimum Gasteiger partial charge on any atom is -0.353 e. The Kier molecular flexibility index (Phi) is 7.93. The van der Waals surface area contributed by atoms with Crippen LogP contribution >= 0.6 is 12.4 Å². The van der Waals surface area contributed by atoms with Crippen LogP contribution in [0.4, 0.5) is 0 Å². The largest absolute Gasteiger partial charge is 0.353 e. The number of rotatable bonds is 6. The zero-order valence-electron chi connectivity index (χ0n) is 9.54. The predicted octanol–water partition coefficient (Wildman–Crippen LogP) is -0.197. The summed E-state index contributed by atoms with van der Waals surface area (Å²) in [4.78, 5) is 22.3. The maximum Gasteiger partial charge on any atom is 0.242 e. The average molecular weight is 250 g/mol. The van der Waals surface area contributed by atoms with Gasteiger partial charge >= 0.3 is 0 Å². The first kappa shape index (κ1) is 15.2. The van der Waals surface area contributed by atoms with Crippen molar-refractivity contribution in [1.82, 2.24) is 16.0 Å². The van der Waals surface area contributed by atoms with Gasteiger partial charge in [0.1, 0.15) is 6.04 Å². The van der Waals surface area contributed by atoms with Crippen LogP contribution in [0.2, 0.25) is 0 Å². The summed E-state index contributed by atoms with van der Waals surface area (Å²) >= 11 is 0. The Labute approximate surface area is 102 Å². The minimum absolute atomic E-state index is 0. The molecule has 0 saturated carbocycles. The van der Waals surface area contributed by atoms with Gasteiger partial charge in [0.2, 0.25) is 11.8 Å². The van der Waals surface area contributed by atoms with Gasteiger partial charge in [-0.3, -0.25) is 9.59 Å². The molecule has 0 aromatic rings. The van der Waals surface area contributed by atoms with Gasteiger partial charge in [-0.15, -0.1) is 12.4 Å². The Morgan fingerprint density at radius 3 is 2.75 bits per heavy atom. The van der Waals surface area contributed by atoms with E-state index in [-0.39, 0.29) is 30.3 Å². The van der Waals surface area contributed by atoms with Crippen molar-refractivity contribution in [2.45, 2.75) is 32.2 Å². The van der Waals surface area contributed by atoms with Crippen LogP contribution in [-0.2, 0) is 9.59 Å². The number of hydrogen-bond donors (Lipinski definition) is 3. The highest BCUT2D eigenvalue weighted by atomic mass is 35.5. The lowest BCUT2D eigenvalue weighted by Gasteiger charge is -2.10. The first-order chi connectivity index (χ1) is 7.24. The molecule has 1 rings (SSSR count). The van der Waals surface area contributed by atoms with E-state index in [1.807, 2.05) is 0 Å². The van der Waals surface area contributed by atoms with Crippen molar-refractivity contribution in [3.05, 3.63) is 0 Å². The second-order valence-corrected chi connectivity index (χ2v) is 3.70. The summed E-state index contributed by atoms with van der Waals surface area (Å²) in [6.45, 7) is 4.46. The molecular weight excluding hydrogens is 230 g/mol. The monoisotopic (exact) mass is 249 g/mol. The molecule has 0 aromatic carbocycles. The van der Waals surface area contributed by atoms with Gasteiger partial charge in [0.25, 0.3) is 0 Å². The number of nitrogens with one attached hydrogen (secondary N) is 3. The third-order valence-corrected chi connectivity index (χ3v) is 2.34. The molecule has 1 fully saturated rings. The lowest BCUT2D eigenvalue weighted by Crippen LogP contribution is -2.43. The molecule has 16 heavy (non-hydrogen) atoms. The van der Waals surface area contributed by atoms with Crippen molar-refractivity contribution >= 4 is 24.2 Å². The molecular formula is C10H20ClN3O2. The molecule has 2 amide bonds. The maximum absolute atomic E-state index is 11.5. The molecule has 1 aliphatic heterocycles. The van der Waals surface area contributed by atoms with Gasteiger partial charge in [0.05, 0.1) is 0 Å². The fourth-order valence-corrected chi connectivity index (χ4v) is 1.51. The van der Waals surface area contributed by atoms with Crippen LogP contribution in [0.1, 0.15) is 26.2 Å². The van der Waals surface area contributed by atoms with Crippen molar-refractivity contribution in [3.8, 4) is 0 Å². The Balaban J connectivity index is 0.00000225. The van der Waals surface area contributed by atoms with Crippen molar-refractivity contribution in [2.75, 3.05) is 19.6 Å². The summed E-state index contributed by atoms with van der Waals surface area (Å²) in [5, 5.41) is 8.61. The van der Waals surface area contributed by atoms with E-state index in [0.29, 0.717) is 19.4 Å². The van der Waals surface area contributed by atoms with Gasteiger partial charge in [0, 0.05) is 19.5 Å². The number of amides is 2. The lowest BCUT2D eigenvalue weighted by atomic mass is 10.2. The van der Waals surface area contributed by atoms with Crippen molar-refractivity contribution < 1.29 is 9.59 Å². The fourth-order valence-electron chi connectivity index (χ4n) is 1.51. The Hall–Kier alpha value is -0.810. The second kappa shape index (κ2) is 8.35. The topological polar surface area (TPSA) is 70.2 Å². The van der Waals surface area contributed by atoms with E-state index < -0.39 is 0 Å². The van der Waals surface area contributed by atoms with Gasteiger partial charge in [0.15, 0.2) is 0 Å². The molecule has 6 heteroatoms. The SMILES string of the molecule is CCCNCCNC(=O)[C@H]1CCC(=O)N1.Cl. The highest BCUT2D eigenvalue weighted by molar-refractivity contribution is 5.90. The summed E-state index contributed by atoms with van der Waals surface area (Å²) < 4.78 is 0. The first-order valence-electron chi connectivity index (χ1n) is 5.52. The van der Waals surface area contributed by atoms with Crippen LogP contribution in [-0.4, -0.2) is 37.5 Å². The normalized spacial score (nSPS) is 18.8. The molecule has 0 radical (unpaired) electrons. The molecule has 1 aliphatic rings. The quantitative estimate of drug-likeness (QED) is 0.571. The van der Waals surface area contributed by atoms with E-state index in [1.165, 1.54) is 0 Å². The molecule has 0 aromatic heterocycles. The van der Waals surface area contributed by atoms with Crippen molar-refractivity contribution in [2.24, 2.45) is 0 Å². The van der Waals surface area contributed by atoms with Crippen LogP contribution < -0.4 is 16.0 Å². The van der Waals surface area contributed by atoms with Gasteiger partial charge < -0.3 is 16.0 Å². The molecule has 1 atom stereocenters. The molecule has 5 nitrogen and oxygen atoms in total. The standard InChI is InChI=1S/C10H19N3O2.ClH/c1-2-5-11-6-7-12-10(15)8-3-4-9(14)13-8;/h8,11H,2-7H2,1H3,(H,12,15)(H,13,14);1H/t8-;/m1./s1. The minimum atomic E-state index is -0.316. The van der Waals surface area contributed by atoms with Crippen molar-refractivity contribution in [1.29, 1.82) is 0 Å². The van der Waals surface area contributed by atoms with Crippen LogP contribution in [0, 0.1) is 0 Å². The average Bonchev–Trinajstić information content (AvgIpc) is 2.64. The van der Waals surface area contributed by atoms with Crippen LogP contribution in [0.15, 0.2) is 0 Å². The Bertz CT molecular complexity index is 236. The molecule has 0 unspecified atom stereocenters. The fraction of sp³-hybridized carbons (Fsp3) is 0.800. The molecule has 0 bridgehead atoms. The number of carbonyl (C=O) groups excluding carboxylic acids is 2.